The lowest BCUT2D eigenvalue weighted by Gasteiger charge is -2.22. The third-order valence-corrected chi connectivity index (χ3v) is 3.88. The topological polar surface area (TPSA) is 67.6 Å². The Labute approximate surface area is 120 Å². The fourth-order valence-corrected chi connectivity index (χ4v) is 2.57. The number of nitrogens with zero attached hydrogens (tertiary/aromatic N) is 1. The molecule has 1 unspecified atom stereocenters. The molecular weight excluding hydrogens is 254 g/mol. The number of hydrogen-bond donors (Lipinski definition) is 2. The summed E-state index contributed by atoms with van der Waals surface area (Å²) in [6.45, 7) is 5.03. The first-order chi connectivity index (χ1) is 9.56. The summed E-state index contributed by atoms with van der Waals surface area (Å²) < 4.78 is 5.22. The van der Waals surface area contributed by atoms with Crippen LogP contribution in [0.1, 0.15) is 13.3 Å². The van der Waals surface area contributed by atoms with Crippen molar-refractivity contribution in [3.63, 3.8) is 0 Å². The highest BCUT2D eigenvalue weighted by Crippen LogP contribution is 2.28. The molecule has 0 radical (unpaired) electrons. The number of likely N-dealkylation sites (tertiary alicyclic amines) is 1. The molecule has 1 aliphatic heterocycles. The molecule has 0 aliphatic carbocycles. The summed E-state index contributed by atoms with van der Waals surface area (Å²) in [7, 11) is 1.60. The van der Waals surface area contributed by atoms with Crippen molar-refractivity contribution in [3.05, 3.63) is 24.3 Å². The minimum Gasteiger partial charge on any atom is -0.495 e. The van der Waals surface area contributed by atoms with Crippen LogP contribution in [0.5, 0.6) is 5.75 Å². The Bertz CT molecular complexity index is 478. The minimum atomic E-state index is -0.0178. The van der Waals surface area contributed by atoms with E-state index in [2.05, 4.69) is 17.1 Å². The van der Waals surface area contributed by atoms with Crippen LogP contribution in [0.2, 0.25) is 0 Å². The second-order valence-electron chi connectivity index (χ2n) is 5.72. The average molecular weight is 277 g/mol. The summed E-state index contributed by atoms with van der Waals surface area (Å²) in [5.41, 5.74) is 6.63. The summed E-state index contributed by atoms with van der Waals surface area (Å²) >= 11 is 0. The second kappa shape index (κ2) is 6.24. The molecule has 1 aliphatic rings. The van der Waals surface area contributed by atoms with E-state index in [1.165, 1.54) is 0 Å². The van der Waals surface area contributed by atoms with E-state index in [1.54, 1.807) is 7.11 Å². The van der Waals surface area contributed by atoms with Crippen LogP contribution >= 0.6 is 0 Å². The number of amides is 1. The average Bonchev–Trinajstić information content (AvgIpc) is 2.81. The molecule has 110 valence electrons. The Balaban J connectivity index is 1.90. The van der Waals surface area contributed by atoms with Crippen LogP contribution in [0.4, 0.5) is 5.69 Å². The lowest BCUT2D eigenvalue weighted by atomic mass is 9.90. The number of para-hydroxylation sites is 2. The first-order valence-electron chi connectivity index (χ1n) is 6.91. The standard InChI is InChI=1S/C15H23N3O2/c1-15(10-16)7-8-18(11-15)9-14(19)17-12-5-3-4-6-13(12)20-2/h3-6H,7-11,16H2,1-2H3,(H,17,19). The zero-order chi connectivity index (χ0) is 14.6. The van der Waals surface area contributed by atoms with Gasteiger partial charge in [-0.15, -0.1) is 0 Å². The van der Waals surface area contributed by atoms with Crippen LogP contribution in [0.15, 0.2) is 24.3 Å². The van der Waals surface area contributed by atoms with E-state index in [0.29, 0.717) is 24.5 Å². The van der Waals surface area contributed by atoms with Crippen molar-refractivity contribution in [1.29, 1.82) is 0 Å². The largest absolute Gasteiger partial charge is 0.495 e. The van der Waals surface area contributed by atoms with Crippen LogP contribution < -0.4 is 15.8 Å². The van der Waals surface area contributed by atoms with Gasteiger partial charge >= 0.3 is 0 Å². The summed E-state index contributed by atoms with van der Waals surface area (Å²) in [6.07, 6.45) is 1.05. The molecular formula is C15H23N3O2. The zero-order valence-corrected chi connectivity index (χ0v) is 12.2. The van der Waals surface area contributed by atoms with E-state index < -0.39 is 0 Å². The van der Waals surface area contributed by atoms with Gasteiger partial charge in [0.2, 0.25) is 5.91 Å². The number of benzene rings is 1. The van der Waals surface area contributed by atoms with Crippen molar-refractivity contribution < 1.29 is 9.53 Å². The van der Waals surface area contributed by atoms with Crippen molar-refractivity contribution in [1.82, 2.24) is 4.90 Å². The number of hydrogen-bond acceptors (Lipinski definition) is 4. The van der Waals surface area contributed by atoms with Gasteiger partial charge in [0.15, 0.2) is 0 Å². The maximum atomic E-state index is 12.1. The van der Waals surface area contributed by atoms with Crippen LogP contribution in [0.3, 0.4) is 0 Å². The Kier molecular flexibility index (Phi) is 4.62. The molecule has 0 saturated carbocycles. The number of nitrogens with two attached hydrogens (primary N) is 1. The molecule has 1 aromatic carbocycles. The Morgan fingerprint density at radius 2 is 2.25 bits per heavy atom. The summed E-state index contributed by atoms with van der Waals surface area (Å²) in [4.78, 5) is 14.2. The van der Waals surface area contributed by atoms with Crippen LogP contribution in [0, 0.1) is 5.41 Å². The number of nitrogens with one attached hydrogen (secondary N) is 1. The van der Waals surface area contributed by atoms with Gasteiger partial charge in [0.1, 0.15) is 5.75 Å². The number of anilines is 1. The Morgan fingerprint density at radius 3 is 2.90 bits per heavy atom. The lowest BCUT2D eigenvalue weighted by molar-refractivity contribution is -0.117. The molecule has 5 heteroatoms. The van der Waals surface area contributed by atoms with Crippen LogP contribution in [0.25, 0.3) is 0 Å². The van der Waals surface area contributed by atoms with Crippen LogP contribution in [-0.2, 0) is 4.79 Å². The van der Waals surface area contributed by atoms with E-state index >= 15 is 0 Å². The first kappa shape index (κ1) is 14.8. The third kappa shape index (κ3) is 3.49. The van der Waals surface area contributed by atoms with Crippen molar-refractivity contribution in [3.8, 4) is 5.75 Å². The van der Waals surface area contributed by atoms with Gasteiger partial charge in [0, 0.05) is 6.54 Å². The first-order valence-corrected chi connectivity index (χ1v) is 6.91. The van der Waals surface area contributed by atoms with Crippen molar-refractivity contribution in [2.24, 2.45) is 11.1 Å². The molecule has 20 heavy (non-hydrogen) atoms. The van der Waals surface area contributed by atoms with Crippen LogP contribution in [-0.4, -0.2) is 44.1 Å². The number of carbonyl (C=O) groups excluding carboxylic acids is 1. The molecule has 1 heterocycles. The minimum absolute atomic E-state index is 0.0178. The Hall–Kier alpha value is -1.59. The number of carbonyl (C=O) groups is 1. The molecule has 1 saturated heterocycles. The summed E-state index contributed by atoms with van der Waals surface area (Å²) in [5, 5.41) is 2.90. The van der Waals surface area contributed by atoms with E-state index in [1.807, 2.05) is 24.3 Å². The highest BCUT2D eigenvalue weighted by atomic mass is 16.5. The highest BCUT2D eigenvalue weighted by Gasteiger charge is 2.33. The Morgan fingerprint density at radius 1 is 1.50 bits per heavy atom. The van der Waals surface area contributed by atoms with E-state index in [4.69, 9.17) is 10.5 Å². The van der Waals surface area contributed by atoms with Crippen molar-refractivity contribution >= 4 is 11.6 Å². The normalized spacial score (nSPS) is 22.8. The van der Waals surface area contributed by atoms with Gasteiger partial charge < -0.3 is 15.8 Å². The third-order valence-electron chi connectivity index (χ3n) is 3.88. The number of ether oxygens (including phenoxy) is 1. The van der Waals surface area contributed by atoms with Crippen molar-refractivity contribution in [2.75, 3.05) is 38.6 Å². The fraction of sp³-hybridized carbons (Fsp3) is 0.533. The maximum Gasteiger partial charge on any atom is 0.238 e. The molecule has 1 amide bonds. The molecule has 0 aromatic heterocycles. The van der Waals surface area contributed by atoms with E-state index in [0.717, 1.165) is 19.5 Å². The number of rotatable bonds is 5. The molecule has 1 fully saturated rings. The molecule has 1 atom stereocenters. The predicted octanol–water partition coefficient (Wildman–Crippen LogP) is 1.30. The summed E-state index contributed by atoms with van der Waals surface area (Å²) in [5.74, 6) is 0.657. The lowest BCUT2D eigenvalue weighted by Crippen LogP contribution is -2.35. The van der Waals surface area contributed by atoms with Gasteiger partial charge in [-0.05, 0) is 37.1 Å². The maximum absolute atomic E-state index is 12.1. The van der Waals surface area contributed by atoms with Gasteiger partial charge in [-0.25, -0.2) is 0 Å². The number of methoxy groups -OCH3 is 1. The highest BCUT2D eigenvalue weighted by molar-refractivity contribution is 5.93. The second-order valence-corrected chi connectivity index (χ2v) is 5.72. The molecule has 0 spiro atoms. The smallest absolute Gasteiger partial charge is 0.238 e. The predicted molar refractivity (Wildman–Crippen MR) is 79.8 cm³/mol. The molecule has 0 bridgehead atoms. The zero-order valence-electron chi connectivity index (χ0n) is 12.2. The quantitative estimate of drug-likeness (QED) is 0.851. The van der Waals surface area contributed by atoms with E-state index in [-0.39, 0.29) is 11.3 Å². The molecule has 5 nitrogen and oxygen atoms in total. The molecule has 3 N–H and O–H groups in total. The van der Waals surface area contributed by atoms with Gasteiger partial charge in [0.25, 0.3) is 0 Å². The SMILES string of the molecule is COc1ccccc1NC(=O)CN1CCC(C)(CN)C1. The molecule has 2 rings (SSSR count). The van der Waals surface area contributed by atoms with Gasteiger partial charge in [-0.1, -0.05) is 19.1 Å². The van der Waals surface area contributed by atoms with Gasteiger partial charge in [0.05, 0.1) is 19.3 Å². The van der Waals surface area contributed by atoms with Gasteiger partial charge in [-0.2, -0.15) is 0 Å². The monoisotopic (exact) mass is 277 g/mol. The molecule has 1 aromatic rings. The van der Waals surface area contributed by atoms with E-state index in [9.17, 15) is 4.79 Å². The van der Waals surface area contributed by atoms with Gasteiger partial charge in [-0.3, -0.25) is 9.69 Å². The summed E-state index contributed by atoms with van der Waals surface area (Å²) in [6, 6.07) is 7.42. The fourth-order valence-electron chi connectivity index (χ4n) is 2.57. The van der Waals surface area contributed by atoms with Crippen molar-refractivity contribution in [2.45, 2.75) is 13.3 Å².